The summed E-state index contributed by atoms with van der Waals surface area (Å²) in [5, 5.41) is 1.32. The van der Waals surface area contributed by atoms with Gasteiger partial charge >= 0.3 is 18.4 Å². The quantitative estimate of drug-likeness (QED) is 0.816. The van der Waals surface area contributed by atoms with Gasteiger partial charge in [0.2, 0.25) is 0 Å². The summed E-state index contributed by atoms with van der Waals surface area (Å²) in [6.07, 6.45) is -10.8. The van der Waals surface area contributed by atoms with E-state index in [1.807, 2.05) is 0 Å². The Hall–Kier alpha value is -1.64. The molecule has 0 heterocycles. The Morgan fingerprint density at radius 1 is 1.20 bits per heavy atom. The Balaban J connectivity index is 2.72. The van der Waals surface area contributed by atoms with Crippen molar-refractivity contribution >= 4 is 23.4 Å². The van der Waals surface area contributed by atoms with Gasteiger partial charge in [0, 0.05) is 0 Å². The van der Waals surface area contributed by atoms with Gasteiger partial charge in [-0.15, -0.1) is 0 Å². The fourth-order valence-electron chi connectivity index (χ4n) is 1.09. The molecule has 0 bridgehead atoms. The van der Waals surface area contributed by atoms with Gasteiger partial charge < -0.3 is 4.74 Å². The van der Waals surface area contributed by atoms with E-state index in [9.17, 15) is 31.1 Å². The van der Waals surface area contributed by atoms with Crippen LogP contribution in [0.2, 0.25) is 5.02 Å². The lowest BCUT2D eigenvalue weighted by molar-refractivity contribution is -0.159. The van der Waals surface area contributed by atoms with Crippen LogP contribution >= 0.6 is 11.6 Å². The van der Waals surface area contributed by atoms with E-state index in [1.54, 1.807) is 5.32 Å². The van der Waals surface area contributed by atoms with Crippen molar-refractivity contribution in [3.63, 3.8) is 0 Å². The SMILES string of the molecule is O=C(Nc1ccc(C(F)(F)F)cc1Cl)OCC(F)(F)F. The van der Waals surface area contributed by atoms with Crippen molar-refractivity contribution in [2.45, 2.75) is 12.4 Å². The van der Waals surface area contributed by atoms with Crippen LogP contribution in [0.3, 0.4) is 0 Å². The number of amides is 1. The fraction of sp³-hybridized carbons (Fsp3) is 0.300. The molecule has 1 aromatic carbocycles. The first-order chi connectivity index (χ1) is 8.99. The third-order valence-electron chi connectivity index (χ3n) is 1.90. The zero-order valence-corrected chi connectivity index (χ0v) is 10.2. The number of nitrogens with one attached hydrogen (secondary N) is 1. The van der Waals surface area contributed by atoms with Gasteiger partial charge in [-0.3, -0.25) is 5.32 Å². The first-order valence-electron chi connectivity index (χ1n) is 4.86. The molecule has 1 rings (SSSR count). The number of benzene rings is 1. The topological polar surface area (TPSA) is 38.3 Å². The van der Waals surface area contributed by atoms with E-state index in [1.165, 1.54) is 0 Å². The first-order valence-corrected chi connectivity index (χ1v) is 5.24. The van der Waals surface area contributed by atoms with Gasteiger partial charge in [0.05, 0.1) is 16.3 Å². The number of hydrogen-bond acceptors (Lipinski definition) is 2. The summed E-state index contributed by atoms with van der Waals surface area (Å²) in [5.74, 6) is 0. The van der Waals surface area contributed by atoms with Gasteiger partial charge in [-0.1, -0.05) is 11.6 Å². The molecule has 1 amide bonds. The van der Waals surface area contributed by atoms with Crippen molar-refractivity contribution in [3.8, 4) is 0 Å². The van der Waals surface area contributed by atoms with Crippen molar-refractivity contribution in [2.24, 2.45) is 0 Å². The number of carbonyl (C=O) groups is 1. The van der Waals surface area contributed by atoms with Crippen LogP contribution in [0.25, 0.3) is 0 Å². The molecule has 1 aromatic rings. The van der Waals surface area contributed by atoms with E-state index in [4.69, 9.17) is 11.6 Å². The predicted molar refractivity (Wildman–Crippen MR) is 57.5 cm³/mol. The lowest BCUT2D eigenvalue weighted by Crippen LogP contribution is -2.23. The molecule has 0 spiro atoms. The Morgan fingerprint density at radius 2 is 1.80 bits per heavy atom. The van der Waals surface area contributed by atoms with Crippen LogP contribution in [0.4, 0.5) is 36.8 Å². The van der Waals surface area contributed by atoms with Crippen LogP contribution in [-0.4, -0.2) is 18.9 Å². The van der Waals surface area contributed by atoms with E-state index >= 15 is 0 Å². The van der Waals surface area contributed by atoms with E-state index in [2.05, 4.69) is 4.74 Å². The highest BCUT2D eigenvalue weighted by atomic mass is 35.5. The van der Waals surface area contributed by atoms with Gasteiger partial charge in [-0.25, -0.2) is 4.79 Å². The molecule has 0 atom stereocenters. The maximum absolute atomic E-state index is 12.3. The molecule has 112 valence electrons. The van der Waals surface area contributed by atoms with Crippen LogP contribution in [0.15, 0.2) is 18.2 Å². The minimum atomic E-state index is -4.71. The minimum absolute atomic E-state index is 0.299. The summed E-state index contributed by atoms with van der Waals surface area (Å²) in [6.45, 7) is -1.82. The highest BCUT2D eigenvalue weighted by Gasteiger charge is 2.31. The Kier molecular flexibility index (Phi) is 4.74. The minimum Gasteiger partial charge on any atom is -0.440 e. The molecule has 0 aliphatic heterocycles. The van der Waals surface area contributed by atoms with Gasteiger partial charge in [0.25, 0.3) is 0 Å². The zero-order chi connectivity index (χ0) is 15.6. The number of alkyl halides is 6. The number of hydrogen-bond donors (Lipinski definition) is 1. The highest BCUT2D eigenvalue weighted by Crippen LogP contribution is 2.33. The van der Waals surface area contributed by atoms with Crippen molar-refractivity contribution in [3.05, 3.63) is 28.8 Å². The average Bonchev–Trinajstić information content (AvgIpc) is 2.27. The molecule has 0 radical (unpaired) electrons. The van der Waals surface area contributed by atoms with E-state index < -0.39 is 35.6 Å². The monoisotopic (exact) mass is 321 g/mol. The van der Waals surface area contributed by atoms with Crippen LogP contribution in [0.5, 0.6) is 0 Å². The Morgan fingerprint density at radius 3 is 2.25 bits per heavy atom. The average molecular weight is 322 g/mol. The van der Waals surface area contributed by atoms with Crippen LogP contribution in [0.1, 0.15) is 5.56 Å². The lowest BCUT2D eigenvalue weighted by Gasteiger charge is -2.12. The van der Waals surface area contributed by atoms with Gasteiger partial charge in [0.1, 0.15) is 0 Å². The highest BCUT2D eigenvalue weighted by molar-refractivity contribution is 6.33. The van der Waals surface area contributed by atoms with Gasteiger partial charge in [-0.2, -0.15) is 26.3 Å². The zero-order valence-electron chi connectivity index (χ0n) is 9.40. The summed E-state index contributed by atoms with van der Waals surface area (Å²) in [4.78, 5) is 11.0. The second kappa shape index (κ2) is 5.78. The standard InChI is InChI=1S/C10H6ClF6NO2/c11-6-3-5(10(15,16)17)1-2-7(6)18-8(19)20-4-9(12,13)14/h1-3H,4H2,(H,18,19). The summed E-state index contributed by atoms with van der Waals surface area (Å²) < 4.78 is 76.0. The van der Waals surface area contributed by atoms with E-state index in [0.717, 1.165) is 6.07 Å². The predicted octanol–water partition coefficient (Wildman–Crippen LogP) is 4.47. The Labute approximate surface area is 113 Å². The molecule has 0 saturated heterocycles. The summed E-state index contributed by atoms with van der Waals surface area (Å²) in [6, 6.07) is 1.95. The van der Waals surface area contributed by atoms with Crippen molar-refractivity contribution in [1.82, 2.24) is 0 Å². The number of rotatable bonds is 2. The van der Waals surface area contributed by atoms with Gasteiger partial charge in [-0.05, 0) is 18.2 Å². The largest absolute Gasteiger partial charge is 0.440 e. The molecule has 0 saturated carbocycles. The second-order valence-electron chi connectivity index (χ2n) is 3.51. The smallest absolute Gasteiger partial charge is 0.422 e. The number of ether oxygens (including phenoxy) is 1. The van der Waals surface area contributed by atoms with Crippen LogP contribution < -0.4 is 5.32 Å². The van der Waals surface area contributed by atoms with Crippen molar-refractivity contribution in [2.75, 3.05) is 11.9 Å². The van der Waals surface area contributed by atoms with Crippen LogP contribution in [0, 0.1) is 0 Å². The maximum Gasteiger partial charge on any atom is 0.422 e. The maximum atomic E-state index is 12.3. The molecule has 0 fully saturated rings. The number of anilines is 1. The molecular formula is C10H6ClF6NO2. The normalized spacial score (nSPS) is 12.2. The molecule has 1 N–H and O–H groups in total. The molecule has 0 unspecified atom stereocenters. The summed E-state index contributed by atoms with van der Waals surface area (Å²) in [7, 11) is 0. The second-order valence-corrected chi connectivity index (χ2v) is 3.92. The third kappa shape index (κ3) is 5.16. The van der Waals surface area contributed by atoms with Crippen molar-refractivity contribution < 1.29 is 35.9 Å². The number of halogens is 7. The van der Waals surface area contributed by atoms with Gasteiger partial charge in [0.15, 0.2) is 6.61 Å². The Bertz CT molecular complexity index is 500. The van der Waals surface area contributed by atoms with Crippen molar-refractivity contribution in [1.29, 1.82) is 0 Å². The molecule has 3 nitrogen and oxygen atoms in total. The molecule has 10 heteroatoms. The number of carbonyl (C=O) groups excluding carboxylic acids is 1. The molecule has 0 aliphatic rings. The van der Waals surface area contributed by atoms with E-state index in [0.29, 0.717) is 12.1 Å². The molecular weight excluding hydrogens is 316 g/mol. The lowest BCUT2D eigenvalue weighted by atomic mass is 10.2. The molecule has 0 aliphatic carbocycles. The van der Waals surface area contributed by atoms with Crippen LogP contribution in [-0.2, 0) is 10.9 Å². The summed E-state index contributed by atoms with van der Waals surface area (Å²) in [5.41, 5.74) is -1.36. The fourth-order valence-corrected chi connectivity index (χ4v) is 1.31. The third-order valence-corrected chi connectivity index (χ3v) is 2.21. The first kappa shape index (κ1) is 16.4. The molecule has 0 aromatic heterocycles. The van der Waals surface area contributed by atoms with E-state index in [-0.39, 0.29) is 5.69 Å². The molecule has 20 heavy (non-hydrogen) atoms. The summed E-state index contributed by atoms with van der Waals surface area (Å²) >= 11 is 5.48.